The molecule has 3 nitrogen and oxygen atoms in total. The molecule has 1 aromatic carbocycles. The zero-order valence-electron chi connectivity index (χ0n) is 21.2. The number of aryl methyl sites for hydroxylation is 1. The molecule has 182 valence electrons. The second-order valence-electron chi connectivity index (χ2n) is 10.2. The molecule has 0 spiro atoms. The van der Waals surface area contributed by atoms with E-state index < -0.39 is 0 Å². The molecule has 3 rings (SSSR count). The number of hydrogen-bond acceptors (Lipinski definition) is 3. The maximum atomic E-state index is 5.99. The van der Waals surface area contributed by atoms with E-state index in [2.05, 4.69) is 48.1 Å². The van der Waals surface area contributed by atoms with Gasteiger partial charge in [-0.1, -0.05) is 84.5 Å². The Kier molecular flexibility index (Phi) is 11.8. The van der Waals surface area contributed by atoms with Crippen molar-refractivity contribution in [1.29, 1.82) is 0 Å². The van der Waals surface area contributed by atoms with Gasteiger partial charge in [0.15, 0.2) is 5.82 Å². The van der Waals surface area contributed by atoms with Crippen LogP contribution in [0.15, 0.2) is 36.7 Å². The van der Waals surface area contributed by atoms with E-state index in [9.17, 15) is 0 Å². The molecule has 1 aliphatic carbocycles. The predicted molar refractivity (Wildman–Crippen MR) is 140 cm³/mol. The Morgan fingerprint density at radius 3 is 2.18 bits per heavy atom. The van der Waals surface area contributed by atoms with Gasteiger partial charge in [0.25, 0.3) is 0 Å². The Balaban J connectivity index is 1.32. The Morgan fingerprint density at radius 2 is 1.48 bits per heavy atom. The summed E-state index contributed by atoms with van der Waals surface area (Å²) in [5, 5.41) is 0. The van der Waals surface area contributed by atoms with Gasteiger partial charge in [0, 0.05) is 18.0 Å². The minimum atomic E-state index is 0.799. The summed E-state index contributed by atoms with van der Waals surface area (Å²) in [5.74, 6) is 3.54. The standard InChI is InChI=1S/C30H46N2O/c1-3-4-5-6-7-8-9-10-15-26-23-31-30(32-24-26)28-18-20-29(21-19-28)33-22-13-17-27-16-12-11-14-25(27)2/h18-21,23-25,27H,3-17,22H2,1-2H3. The molecule has 3 heteroatoms. The zero-order valence-corrected chi connectivity index (χ0v) is 21.2. The van der Waals surface area contributed by atoms with Crippen molar-refractivity contribution in [2.24, 2.45) is 11.8 Å². The van der Waals surface area contributed by atoms with E-state index in [-0.39, 0.29) is 0 Å². The second-order valence-corrected chi connectivity index (χ2v) is 10.2. The SMILES string of the molecule is CCCCCCCCCCc1cnc(-c2ccc(OCCCC3CCCCC3C)cc2)nc1. The quantitative estimate of drug-likeness (QED) is 0.254. The highest BCUT2D eigenvalue weighted by Gasteiger charge is 2.20. The summed E-state index contributed by atoms with van der Waals surface area (Å²) >= 11 is 0. The number of ether oxygens (including phenoxy) is 1. The zero-order chi connectivity index (χ0) is 23.1. The fourth-order valence-electron chi connectivity index (χ4n) is 5.15. The maximum Gasteiger partial charge on any atom is 0.159 e. The third kappa shape index (κ3) is 9.47. The molecule has 2 unspecified atom stereocenters. The number of rotatable bonds is 15. The fraction of sp³-hybridized carbons (Fsp3) is 0.667. The number of hydrogen-bond donors (Lipinski definition) is 0. The minimum absolute atomic E-state index is 0.799. The molecule has 1 saturated carbocycles. The van der Waals surface area contributed by atoms with Gasteiger partial charge in [-0.25, -0.2) is 9.97 Å². The van der Waals surface area contributed by atoms with Crippen LogP contribution in [0.2, 0.25) is 0 Å². The predicted octanol–water partition coefficient (Wildman–Crippen LogP) is 8.81. The van der Waals surface area contributed by atoms with Crippen molar-refractivity contribution in [1.82, 2.24) is 9.97 Å². The van der Waals surface area contributed by atoms with Crippen LogP contribution < -0.4 is 4.74 Å². The normalized spacial score (nSPS) is 18.4. The van der Waals surface area contributed by atoms with Crippen LogP contribution in [0.1, 0.15) is 109 Å². The van der Waals surface area contributed by atoms with E-state index in [1.54, 1.807) is 0 Å². The molecular formula is C30H46N2O. The summed E-state index contributed by atoms with van der Waals surface area (Å²) in [5.41, 5.74) is 2.30. The molecular weight excluding hydrogens is 404 g/mol. The van der Waals surface area contributed by atoms with Crippen LogP contribution >= 0.6 is 0 Å². The van der Waals surface area contributed by atoms with Crippen molar-refractivity contribution < 1.29 is 4.74 Å². The lowest BCUT2D eigenvalue weighted by atomic mass is 9.78. The minimum Gasteiger partial charge on any atom is -0.494 e. The summed E-state index contributed by atoms with van der Waals surface area (Å²) in [7, 11) is 0. The van der Waals surface area contributed by atoms with E-state index in [1.807, 2.05) is 12.4 Å². The highest BCUT2D eigenvalue weighted by molar-refractivity contribution is 5.55. The summed E-state index contributed by atoms with van der Waals surface area (Å²) in [6.45, 7) is 5.51. The molecule has 2 aromatic rings. The van der Waals surface area contributed by atoms with Gasteiger partial charge in [-0.15, -0.1) is 0 Å². The molecule has 0 radical (unpaired) electrons. The van der Waals surface area contributed by atoms with Crippen LogP contribution in [0.5, 0.6) is 5.75 Å². The first-order valence-electron chi connectivity index (χ1n) is 13.8. The van der Waals surface area contributed by atoms with Gasteiger partial charge in [-0.3, -0.25) is 0 Å². The highest BCUT2D eigenvalue weighted by atomic mass is 16.5. The van der Waals surface area contributed by atoms with E-state index in [0.29, 0.717) is 0 Å². The summed E-state index contributed by atoms with van der Waals surface area (Å²) in [4.78, 5) is 9.22. The number of benzene rings is 1. The van der Waals surface area contributed by atoms with E-state index in [0.717, 1.165) is 48.4 Å². The lowest BCUT2D eigenvalue weighted by Gasteiger charge is -2.28. The van der Waals surface area contributed by atoms with Crippen LogP contribution in [0.3, 0.4) is 0 Å². The number of nitrogens with zero attached hydrogens (tertiary/aromatic N) is 2. The molecule has 1 aromatic heterocycles. The average molecular weight is 451 g/mol. The summed E-state index contributed by atoms with van der Waals surface area (Å²) in [6.07, 6.45) is 24.0. The molecule has 1 fully saturated rings. The van der Waals surface area contributed by atoms with E-state index in [1.165, 1.54) is 89.0 Å². The van der Waals surface area contributed by atoms with Crippen molar-refractivity contribution in [3.05, 3.63) is 42.2 Å². The molecule has 33 heavy (non-hydrogen) atoms. The molecule has 2 atom stereocenters. The van der Waals surface area contributed by atoms with Crippen molar-refractivity contribution in [2.75, 3.05) is 6.61 Å². The lowest BCUT2D eigenvalue weighted by molar-refractivity contribution is 0.217. The molecule has 0 N–H and O–H groups in total. The number of unbranched alkanes of at least 4 members (excludes halogenated alkanes) is 7. The first-order valence-corrected chi connectivity index (χ1v) is 13.8. The molecule has 0 aliphatic heterocycles. The first-order chi connectivity index (χ1) is 16.3. The van der Waals surface area contributed by atoms with Gasteiger partial charge >= 0.3 is 0 Å². The summed E-state index contributed by atoms with van der Waals surface area (Å²) < 4.78 is 5.99. The Morgan fingerprint density at radius 1 is 0.818 bits per heavy atom. The van der Waals surface area contributed by atoms with Crippen LogP contribution in [-0.4, -0.2) is 16.6 Å². The fourth-order valence-corrected chi connectivity index (χ4v) is 5.15. The summed E-state index contributed by atoms with van der Waals surface area (Å²) in [6, 6.07) is 8.25. The van der Waals surface area contributed by atoms with Gasteiger partial charge in [0.1, 0.15) is 5.75 Å². The third-order valence-corrected chi connectivity index (χ3v) is 7.41. The van der Waals surface area contributed by atoms with Gasteiger partial charge in [-0.2, -0.15) is 0 Å². The van der Waals surface area contributed by atoms with Crippen molar-refractivity contribution in [2.45, 2.75) is 110 Å². The van der Waals surface area contributed by atoms with Gasteiger partial charge in [0.2, 0.25) is 0 Å². The lowest BCUT2D eigenvalue weighted by Crippen LogP contribution is -2.17. The van der Waals surface area contributed by atoms with Crippen LogP contribution in [0, 0.1) is 11.8 Å². The Labute approximate surface area is 202 Å². The van der Waals surface area contributed by atoms with Gasteiger partial charge in [0.05, 0.1) is 6.61 Å². The second kappa shape index (κ2) is 15.1. The third-order valence-electron chi connectivity index (χ3n) is 7.41. The van der Waals surface area contributed by atoms with Gasteiger partial charge in [-0.05, 0) is 67.3 Å². The average Bonchev–Trinajstić information content (AvgIpc) is 2.85. The smallest absolute Gasteiger partial charge is 0.159 e. The monoisotopic (exact) mass is 450 g/mol. The topological polar surface area (TPSA) is 35.0 Å². The van der Waals surface area contributed by atoms with Crippen LogP contribution in [0.25, 0.3) is 11.4 Å². The van der Waals surface area contributed by atoms with Crippen molar-refractivity contribution >= 4 is 0 Å². The van der Waals surface area contributed by atoms with E-state index >= 15 is 0 Å². The largest absolute Gasteiger partial charge is 0.494 e. The molecule has 0 amide bonds. The molecule has 1 aliphatic rings. The number of aromatic nitrogens is 2. The van der Waals surface area contributed by atoms with Crippen molar-refractivity contribution in [3.8, 4) is 17.1 Å². The van der Waals surface area contributed by atoms with Crippen LogP contribution in [0.4, 0.5) is 0 Å². The van der Waals surface area contributed by atoms with Crippen LogP contribution in [-0.2, 0) is 6.42 Å². The first kappa shape index (κ1) is 25.7. The van der Waals surface area contributed by atoms with Gasteiger partial charge < -0.3 is 4.74 Å². The Hall–Kier alpha value is -1.90. The molecule has 1 heterocycles. The molecule has 0 saturated heterocycles. The van der Waals surface area contributed by atoms with E-state index in [4.69, 9.17) is 4.74 Å². The maximum absolute atomic E-state index is 5.99. The Bertz CT molecular complexity index is 756. The van der Waals surface area contributed by atoms with Crippen molar-refractivity contribution in [3.63, 3.8) is 0 Å². The highest BCUT2D eigenvalue weighted by Crippen LogP contribution is 2.32. The molecule has 0 bridgehead atoms.